The fourth-order valence-corrected chi connectivity index (χ4v) is 1.09. The summed E-state index contributed by atoms with van der Waals surface area (Å²) >= 11 is 0. The summed E-state index contributed by atoms with van der Waals surface area (Å²) in [7, 11) is 0. The van der Waals surface area contributed by atoms with Gasteiger partial charge in [-0.05, 0) is 0 Å². The zero-order chi connectivity index (χ0) is 11.4. The molecule has 0 saturated carbocycles. The van der Waals surface area contributed by atoms with Crippen molar-refractivity contribution >= 4 is 11.4 Å². The number of nitro benzene ring substituents is 1. The van der Waals surface area contributed by atoms with E-state index in [4.69, 9.17) is 5.73 Å². The maximum absolute atomic E-state index is 13.0. The van der Waals surface area contributed by atoms with E-state index in [1.165, 1.54) is 0 Å². The van der Waals surface area contributed by atoms with Crippen LogP contribution in [0, 0.1) is 21.7 Å². The Morgan fingerprint density at radius 3 is 2.67 bits per heavy atom. The van der Waals surface area contributed by atoms with Gasteiger partial charge < -0.3 is 11.1 Å². The molecular formula is C8H9F2N3O2. The molecule has 0 aliphatic heterocycles. The van der Waals surface area contributed by atoms with E-state index in [0.29, 0.717) is 6.07 Å². The Bertz CT molecular complexity index is 384. The molecule has 3 N–H and O–H groups in total. The van der Waals surface area contributed by atoms with Crippen LogP contribution in [0.4, 0.5) is 20.2 Å². The highest BCUT2D eigenvalue weighted by atomic mass is 19.1. The van der Waals surface area contributed by atoms with Gasteiger partial charge in [0.05, 0.1) is 4.92 Å². The van der Waals surface area contributed by atoms with E-state index in [1.807, 2.05) is 0 Å². The molecule has 0 unspecified atom stereocenters. The second-order valence-electron chi connectivity index (χ2n) is 2.76. The van der Waals surface area contributed by atoms with Crippen LogP contribution >= 0.6 is 0 Å². The number of halogens is 2. The van der Waals surface area contributed by atoms with Crippen molar-refractivity contribution < 1.29 is 13.7 Å². The van der Waals surface area contributed by atoms with Crippen molar-refractivity contribution in [3.05, 3.63) is 33.9 Å². The van der Waals surface area contributed by atoms with E-state index in [0.717, 1.165) is 6.07 Å². The van der Waals surface area contributed by atoms with Crippen LogP contribution in [-0.4, -0.2) is 18.0 Å². The highest BCUT2D eigenvalue weighted by Crippen LogP contribution is 2.28. The van der Waals surface area contributed by atoms with Gasteiger partial charge in [0.15, 0.2) is 0 Å². The number of hydrogen-bond acceptors (Lipinski definition) is 4. The first-order chi connectivity index (χ1) is 7.06. The Morgan fingerprint density at radius 1 is 1.47 bits per heavy atom. The molecule has 0 aromatic heterocycles. The summed E-state index contributed by atoms with van der Waals surface area (Å²) in [6, 6.07) is 1.32. The van der Waals surface area contributed by atoms with Crippen LogP contribution in [-0.2, 0) is 0 Å². The lowest BCUT2D eigenvalue weighted by atomic mass is 10.2. The number of hydrogen-bond donors (Lipinski definition) is 2. The van der Waals surface area contributed by atoms with Crippen LogP contribution in [0.15, 0.2) is 12.1 Å². The lowest BCUT2D eigenvalue weighted by molar-refractivity contribution is -0.386. The Kier molecular flexibility index (Phi) is 3.51. The number of nitrogens with zero attached hydrogens (tertiary/aromatic N) is 1. The van der Waals surface area contributed by atoms with Crippen molar-refractivity contribution in [3.63, 3.8) is 0 Å². The van der Waals surface area contributed by atoms with Crippen molar-refractivity contribution in [2.45, 2.75) is 0 Å². The Balaban J connectivity index is 3.14. The molecular weight excluding hydrogens is 208 g/mol. The van der Waals surface area contributed by atoms with Crippen molar-refractivity contribution in [3.8, 4) is 0 Å². The molecule has 0 bridgehead atoms. The van der Waals surface area contributed by atoms with E-state index >= 15 is 0 Å². The normalized spacial score (nSPS) is 10.1. The third-order valence-electron chi connectivity index (χ3n) is 1.67. The largest absolute Gasteiger partial charge is 0.378 e. The quantitative estimate of drug-likeness (QED) is 0.587. The second kappa shape index (κ2) is 4.65. The molecule has 15 heavy (non-hydrogen) atoms. The fraction of sp³-hybridized carbons (Fsp3) is 0.250. The third kappa shape index (κ3) is 2.59. The molecule has 0 saturated heterocycles. The molecule has 0 heterocycles. The predicted molar refractivity (Wildman–Crippen MR) is 50.6 cm³/mol. The predicted octanol–water partition coefficient (Wildman–Crippen LogP) is 1.24. The molecule has 1 rings (SSSR count). The van der Waals surface area contributed by atoms with Crippen LogP contribution in [0.2, 0.25) is 0 Å². The van der Waals surface area contributed by atoms with Gasteiger partial charge in [-0.3, -0.25) is 10.1 Å². The Morgan fingerprint density at radius 2 is 2.13 bits per heavy atom. The Labute approximate surface area is 84.0 Å². The molecule has 0 amide bonds. The van der Waals surface area contributed by atoms with Gasteiger partial charge in [0, 0.05) is 25.2 Å². The van der Waals surface area contributed by atoms with Crippen molar-refractivity contribution in [2.24, 2.45) is 5.73 Å². The van der Waals surface area contributed by atoms with Crippen LogP contribution in [0.3, 0.4) is 0 Å². The molecule has 0 radical (unpaired) electrons. The van der Waals surface area contributed by atoms with Gasteiger partial charge in [0.1, 0.15) is 11.5 Å². The summed E-state index contributed by atoms with van der Waals surface area (Å²) in [6.07, 6.45) is 0. The first-order valence-electron chi connectivity index (χ1n) is 4.13. The van der Waals surface area contributed by atoms with E-state index in [2.05, 4.69) is 5.32 Å². The van der Waals surface area contributed by atoms with Crippen LogP contribution in [0.5, 0.6) is 0 Å². The monoisotopic (exact) mass is 217 g/mol. The number of anilines is 1. The zero-order valence-electron chi connectivity index (χ0n) is 7.67. The number of benzene rings is 1. The van der Waals surface area contributed by atoms with E-state index in [1.54, 1.807) is 0 Å². The maximum atomic E-state index is 13.0. The zero-order valence-corrected chi connectivity index (χ0v) is 7.67. The molecule has 1 aromatic carbocycles. The topological polar surface area (TPSA) is 81.2 Å². The highest BCUT2D eigenvalue weighted by Gasteiger charge is 2.21. The second-order valence-corrected chi connectivity index (χ2v) is 2.76. The van der Waals surface area contributed by atoms with Gasteiger partial charge in [0.2, 0.25) is 5.82 Å². The number of rotatable bonds is 4. The minimum Gasteiger partial charge on any atom is -0.378 e. The van der Waals surface area contributed by atoms with E-state index in [9.17, 15) is 18.9 Å². The van der Waals surface area contributed by atoms with Crippen molar-refractivity contribution in [1.29, 1.82) is 0 Å². The summed E-state index contributed by atoms with van der Waals surface area (Å²) in [5.41, 5.74) is 4.18. The van der Waals surface area contributed by atoms with Crippen LogP contribution < -0.4 is 11.1 Å². The molecule has 0 aliphatic carbocycles. The van der Waals surface area contributed by atoms with E-state index < -0.39 is 22.2 Å². The number of nitrogens with two attached hydrogens (primary N) is 1. The molecule has 0 atom stereocenters. The van der Waals surface area contributed by atoms with E-state index in [-0.39, 0.29) is 18.8 Å². The fourth-order valence-electron chi connectivity index (χ4n) is 1.09. The number of nitrogens with one attached hydrogen (secondary N) is 1. The first-order valence-corrected chi connectivity index (χ1v) is 4.13. The smallest absolute Gasteiger partial charge is 0.327 e. The third-order valence-corrected chi connectivity index (χ3v) is 1.67. The SMILES string of the molecule is NCCNc1cc(F)cc(F)c1[N+](=O)[O-]. The van der Waals surface area contributed by atoms with Gasteiger partial charge in [-0.2, -0.15) is 4.39 Å². The standard InChI is InChI=1S/C8H9F2N3O2/c9-5-3-6(10)8(13(14)15)7(4-5)12-2-1-11/h3-4,12H,1-2,11H2. The van der Waals surface area contributed by atoms with Crippen LogP contribution in [0.25, 0.3) is 0 Å². The first kappa shape index (κ1) is 11.3. The summed E-state index contributed by atoms with van der Waals surface area (Å²) in [5.74, 6) is -2.09. The average Bonchev–Trinajstić information content (AvgIpc) is 2.12. The molecule has 82 valence electrons. The molecule has 0 aliphatic rings. The Hall–Kier alpha value is -1.76. The minimum atomic E-state index is -1.21. The number of nitro groups is 1. The molecule has 5 nitrogen and oxygen atoms in total. The lowest BCUT2D eigenvalue weighted by Gasteiger charge is -2.06. The molecule has 0 spiro atoms. The summed E-state index contributed by atoms with van der Waals surface area (Å²) < 4.78 is 25.8. The van der Waals surface area contributed by atoms with Crippen molar-refractivity contribution in [1.82, 2.24) is 0 Å². The van der Waals surface area contributed by atoms with Crippen LogP contribution in [0.1, 0.15) is 0 Å². The summed E-state index contributed by atoms with van der Waals surface area (Å²) in [6.45, 7) is 0.402. The van der Waals surface area contributed by atoms with Gasteiger partial charge in [-0.15, -0.1) is 0 Å². The average molecular weight is 217 g/mol. The van der Waals surface area contributed by atoms with Crippen molar-refractivity contribution in [2.75, 3.05) is 18.4 Å². The summed E-state index contributed by atoms with van der Waals surface area (Å²) in [4.78, 5) is 9.58. The van der Waals surface area contributed by atoms with Gasteiger partial charge in [0.25, 0.3) is 0 Å². The minimum absolute atomic E-state index is 0.198. The lowest BCUT2D eigenvalue weighted by Crippen LogP contribution is -2.14. The highest BCUT2D eigenvalue weighted by molar-refractivity contribution is 5.62. The molecule has 0 fully saturated rings. The van der Waals surface area contributed by atoms with Gasteiger partial charge in [-0.1, -0.05) is 0 Å². The molecule has 7 heteroatoms. The molecule has 1 aromatic rings. The van der Waals surface area contributed by atoms with Gasteiger partial charge >= 0.3 is 5.69 Å². The summed E-state index contributed by atoms with van der Waals surface area (Å²) in [5, 5.41) is 13.0. The van der Waals surface area contributed by atoms with Gasteiger partial charge in [-0.25, -0.2) is 4.39 Å². The maximum Gasteiger partial charge on any atom is 0.327 e.